The van der Waals surface area contributed by atoms with Crippen molar-refractivity contribution in [3.05, 3.63) is 12.7 Å². The van der Waals surface area contributed by atoms with Gasteiger partial charge in [0.25, 0.3) is 0 Å². The summed E-state index contributed by atoms with van der Waals surface area (Å²) in [6.45, 7) is 6.84. The molecule has 2 atom stereocenters. The molecule has 0 fully saturated rings. The van der Waals surface area contributed by atoms with E-state index in [4.69, 9.17) is 10.2 Å². The van der Waals surface area contributed by atoms with Gasteiger partial charge in [-0.05, 0) is 5.92 Å². The van der Waals surface area contributed by atoms with Crippen LogP contribution in [0.25, 0.3) is 0 Å². The number of carbonyl (C=O) groups is 1. The highest BCUT2D eigenvalue weighted by Gasteiger charge is 2.27. The van der Waals surface area contributed by atoms with E-state index in [0.29, 0.717) is 0 Å². The van der Waals surface area contributed by atoms with Crippen molar-refractivity contribution in [1.29, 1.82) is 0 Å². The van der Waals surface area contributed by atoms with Gasteiger partial charge >= 0.3 is 5.97 Å². The molecule has 0 aliphatic heterocycles. The Labute approximate surface area is 66.4 Å². The molecule has 3 nitrogen and oxygen atoms in total. The lowest BCUT2D eigenvalue weighted by molar-refractivity contribution is -0.146. The molecule has 0 amide bonds. The zero-order chi connectivity index (χ0) is 9.02. The average molecular weight is 158 g/mol. The molecule has 0 saturated heterocycles. The Morgan fingerprint density at radius 2 is 2.00 bits per heavy atom. The van der Waals surface area contributed by atoms with Crippen molar-refractivity contribution in [2.75, 3.05) is 0 Å². The standard InChI is InChI=1S/C8H14O3/c1-4-6(9)7(5(2)3)8(10)11/h4-7,9H,1H2,2-3H3,(H,10,11). The van der Waals surface area contributed by atoms with Gasteiger partial charge in [-0.1, -0.05) is 19.9 Å². The molecule has 0 heterocycles. The van der Waals surface area contributed by atoms with Crippen molar-refractivity contribution in [3.8, 4) is 0 Å². The summed E-state index contributed by atoms with van der Waals surface area (Å²) in [7, 11) is 0. The summed E-state index contributed by atoms with van der Waals surface area (Å²) in [4.78, 5) is 10.5. The molecule has 0 aromatic carbocycles. The average Bonchev–Trinajstić information content (AvgIpc) is 1.85. The molecule has 2 unspecified atom stereocenters. The van der Waals surface area contributed by atoms with Crippen LogP contribution in [0.3, 0.4) is 0 Å². The fourth-order valence-electron chi connectivity index (χ4n) is 0.972. The van der Waals surface area contributed by atoms with E-state index >= 15 is 0 Å². The first-order valence-corrected chi connectivity index (χ1v) is 3.54. The Balaban J connectivity index is 4.33. The van der Waals surface area contributed by atoms with Gasteiger partial charge in [-0.15, -0.1) is 6.58 Å². The molecule has 0 radical (unpaired) electrons. The van der Waals surface area contributed by atoms with Crippen LogP contribution < -0.4 is 0 Å². The maximum atomic E-state index is 10.5. The smallest absolute Gasteiger partial charge is 0.309 e. The summed E-state index contributed by atoms with van der Waals surface area (Å²) < 4.78 is 0. The van der Waals surface area contributed by atoms with Gasteiger partial charge in [-0.2, -0.15) is 0 Å². The van der Waals surface area contributed by atoms with Gasteiger partial charge in [0.05, 0.1) is 12.0 Å². The van der Waals surface area contributed by atoms with Crippen LogP contribution in [-0.4, -0.2) is 22.3 Å². The van der Waals surface area contributed by atoms with Gasteiger partial charge in [-0.25, -0.2) is 0 Å². The summed E-state index contributed by atoms with van der Waals surface area (Å²) in [6, 6.07) is 0. The summed E-state index contributed by atoms with van der Waals surface area (Å²) in [5.41, 5.74) is 0. The van der Waals surface area contributed by atoms with E-state index in [1.165, 1.54) is 6.08 Å². The molecule has 11 heavy (non-hydrogen) atoms. The highest BCUT2D eigenvalue weighted by atomic mass is 16.4. The fourth-order valence-corrected chi connectivity index (χ4v) is 0.972. The lowest BCUT2D eigenvalue weighted by atomic mass is 9.90. The van der Waals surface area contributed by atoms with Crippen LogP contribution in [0.2, 0.25) is 0 Å². The van der Waals surface area contributed by atoms with Gasteiger partial charge in [-0.3, -0.25) is 4.79 Å². The number of hydrogen-bond acceptors (Lipinski definition) is 2. The van der Waals surface area contributed by atoms with Crippen LogP contribution in [0.5, 0.6) is 0 Å². The number of rotatable bonds is 4. The first-order chi connectivity index (χ1) is 5.00. The number of hydrogen-bond donors (Lipinski definition) is 2. The molecule has 0 spiro atoms. The number of carboxylic acid groups (broad SMARTS) is 1. The molecule has 2 N–H and O–H groups in total. The topological polar surface area (TPSA) is 57.5 Å². The van der Waals surface area contributed by atoms with E-state index in [-0.39, 0.29) is 5.92 Å². The normalized spacial score (nSPS) is 16.0. The monoisotopic (exact) mass is 158 g/mol. The third-order valence-electron chi connectivity index (χ3n) is 1.61. The Hall–Kier alpha value is -0.830. The highest BCUT2D eigenvalue weighted by Crippen LogP contribution is 2.16. The van der Waals surface area contributed by atoms with Gasteiger partial charge in [0, 0.05) is 0 Å². The van der Waals surface area contributed by atoms with Crippen molar-refractivity contribution in [1.82, 2.24) is 0 Å². The van der Waals surface area contributed by atoms with Gasteiger partial charge in [0.1, 0.15) is 0 Å². The number of aliphatic hydroxyl groups is 1. The molecule has 0 saturated carbocycles. The first kappa shape index (κ1) is 10.2. The van der Waals surface area contributed by atoms with Crippen molar-refractivity contribution >= 4 is 5.97 Å². The van der Waals surface area contributed by atoms with E-state index < -0.39 is 18.0 Å². The van der Waals surface area contributed by atoms with Gasteiger partial charge in [0.15, 0.2) is 0 Å². The zero-order valence-electron chi connectivity index (χ0n) is 6.82. The predicted octanol–water partition coefficient (Wildman–Crippen LogP) is 0.890. The second kappa shape index (κ2) is 4.13. The second-order valence-corrected chi connectivity index (χ2v) is 2.83. The minimum absolute atomic E-state index is 0.0829. The van der Waals surface area contributed by atoms with Crippen molar-refractivity contribution < 1.29 is 15.0 Å². The quantitative estimate of drug-likeness (QED) is 0.597. The predicted molar refractivity (Wildman–Crippen MR) is 42.2 cm³/mol. The lowest BCUT2D eigenvalue weighted by Crippen LogP contribution is -2.30. The molecule has 64 valence electrons. The third-order valence-corrected chi connectivity index (χ3v) is 1.61. The SMILES string of the molecule is C=CC(O)C(C(=O)O)C(C)C. The Bertz CT molecular complexity index is 151. The van der Waals surface area contributed by atoms with E-state index in [9.17, 15) is 4.79 Å². The van der Waals surface area contributed by atoms with Crippen LogP contribution >= 0.6 is 0 Å². The van der Waals surface area contributed by atoms with E-state index in [1.54, 1.807) is 13.8 Å². The molecule has 0 bridgehead atoms. The Morgan fingerprint density at radius 1 is 1.55 bits per heavy atom. The maximum absolute atomic E-state index is 10.5. The first-order valence-electron chi connectivity index (χ1n) is 3.54. The van der Waals surface area contributed by atoms with E-state index in [0.717, 1.165) is 0 Å². The zero-order valence-corrected chi connectivity index (χ0v) is 6.82. The summed E-state index contributed by atoms with van der Waals surface area (Å²) in [5, 5.41) is 17.8. The summed E-state index contributed by atoms with van der Waals surface area (Å²) in [6.07, 6.45) is 0.297. The lowest BCUT2D eigenvalue weighted by Gasteiger charge is -2.18. The molecular formula is C8H14O3. The minimum Gasteiger partial charge on any atom is -0.481 e. The number of aliphatic carboxylic acids is 1. The fraction of sp³-hybridized carbons (Fsp3) is 0.625. The number of aliphatic hydroxyl groups excluding tert-OH is 1. The van der Waals surface area contributed by atoms with Crippen LogP contribution in [0.15, 0.2) is 12.7 Å². The van der Waals surface area contributed by atoms with Crippen molar-refractivity contribution in [2.45, 2.75) is 20.0 Å². The van der Waals surface area contributed by atoms with E-state index in [1.807, 2.05) is 0 Å². The van der Waals surface area contributed by atoms with Crippen molar-refractivity contribution in [3.63, 3.8) is 0 Å². The van der Waals surface area contributed by atoms with Crippen molar-refractivity contribution in [2.24, 2.45) is 11.8 Å². The number of carboxylic acids is 1. The van der Waals surface area contributed by atoms with Crippen LogP contribution in [-0.2, 0) is 4.79 Å². The van der Waals surface area contributed by atoms with Crippen LogP contribution in [0, 0.1) is 11.8 Å². The molecule has 0 rings (SSSR count). The molecule has 0 aliphatic carbocycles. The van der Waals surface area contributed by atoms with E-state index in [2.05, 4.69) is 6.58 Å². The second-order valence-electron chi connectivity index (χ2n) is 2.83. The van der Waals surface area contributed by atoms with Gasteiger partial charge in [0.2, 0.25) is 0 Å². The molecule has 0 aromatic heterocycles. The summed E-state index contributed by atoms with van der Waals surface area (Å²) >= 11 is 0. The Kier molecular flexibility index (Phi) is 3.82. The maximum Gasteiger partial charge on any atom is 0.309 e. The molecular weight excluding hydrogens is 144 g/mol. The highest BCUT2D eigenvalue weighted by molar-refractivity contribution is 5.71. The van der Waals surface area contributed by atoms with Crippen LogP contribution in [0.1, 0.15) is 13.8 Å². The van der Waals surface area contributed by atoms with Gasteiger partial charge < -0.3 is 10.2 Å². The molecule has 3 heteroatoms. The molecule has 0 aliphatic rings. The largest absolute Gasteiger partial charge is 0.481 e. The minimum atomic E-state index is -0.979. The van der Waals surface area contributed by atoms with Crippen LogP contribution in [0.4, 0.5) is 0 Å². The third kappa shape index (κ3) is 2.72. The summed E-state index contributed by atoms with van der Waals surface area (Å²) in [5.74, 6) is -1.81. The molecule has 0 aromatic rings. The Morgan fingerprint density at radius 3 is 2.09 bits per heavy atom.